The molecule has 0 unspecified atom stereocenters. The molecule has 5 rings (SSSR count). The minimum atomic E-state index is 0.139. The highest BCUT2D eigenvalue weighted by molar-refractivity contribution is 7.13. The predicted molar refractivity (Wildman–Crippen MR) is 153 cm³/mol. The zero-order chi connectivity index (χ0) is 25.8. The largest absolute Gasteiger partial charge is 0.343 e. The van der Waals surface area contributed by atoms with E-state index in [1.165, 1.54) is 5.56 Å². The molecular formula is C31H36N4OS. The maximum Gasteiger partial charge on any atom is 0.255 e. The van der Waals surface area contributed by atoms with E-state index in [2.05, 4.69) is 84.1 Å². The van der Waals surface area contributed by atoms with Crippen molar-refractivity contribution in [3.63, 3.8) is 0 Å². The van der Waals surface area contributed by atoms with E-state index in [4.69, 9.17) is 4.98 Å². The summed E-state index contributed by atoms with van der Waals surface area (Å²) >= 11 is 1.66. The van der Waals surface area contributed by atoms with Gasteiger partial charge in [-0.25, -0.2) is 4.98 Å². The summed E-state index contributed by atoms with van der Waals surface area (Å²) in [6.45, 7) is 11.7. The van der Waals surface area contributed by atoms with E-state index in [1.807, 2.05) is 23.1 Å². The van der Waals surface area contributed by atoms with Crippen molar-refractivity contribution in [2.24, 2.45) is 5.92 Å². The van der Waals surface area contributed by atoms with Crippen molar-refractivity contribution in [1.29, 1.82) is 0 Å². The Labute approximate surface area is 224 Å². The van der Waals surface area contributed by atoms with Gasteiger partial charge < -0.3 is 9.47 Å². The zero-order valence-electron chi connectivity index (χ0n) is 22.1. The van der Waals surface area contributed by atoms with Gasteiger partial charge in [0.25, 0.3) is 5.91 Å². The van der Waals surface area contributed by atoms with Crippen molar-refractivity contribution in [3.8, 4) is 22.0 Å². The van der Waals surface area contributed by atoms with Gasteiger partial charge in [0.15, 0.2) is 0 Å². The first-order valence-electron chi connectivity index (χ1n) is 13.3. The zero-order valence-corrected chi connectivity index (χ0v) is 22.9. The molecule has 1 fully saturated rings. The third-order valence-corrected chi connectivity index (χ3v) is 8.11. The maximum absolute atomic E-state index is 13.7. The quantitative estimate of drug-likeness (QED) is 0.267. The van der Waals surface area contributed by atoms with Crippen LogP contribution in [0.5, 0.6) is 0 Å². The Morgan fingerprint density at radius 1 is 0.973 bits per heavy atom. The molecule has 6 heteroatoms. The fourth-order valence-electron chi connectivity index (χ4n) is 4.98. The van der Waals surface area contributed by atoms with Crippen molar-refractivity contribution in [3.05, 3.63) is 88.9 Å². The van der Waals surface area contributed by atoms with Gasteiger partial charge in [-0.15, -0.1) is 11.3 Å². The molecule has 0 radical (unpaired) electrons. The SMILES string of the molecule is Cc1c(C(=O)N2CCN(Cc3ccccc3)CC2)cc(-c2csc(-c3ccccc3)n2)n1CCC(C)C. The van der Waals surface area contributed by atoms with Crippen LogP contribution in [0.3, 0.4) is 0 Å². The van der Waals surface area contributed by atoms with Gasteiger partial charge in [-0.1, -0.05) is 74.5 Å². The van der Waals surface area contributed by atoms with Crippen LogP contribution in [0.4, 0.5) is 0 Å². The number of nitrogens with zero attached hydrogens (tertiary/aromatic N) is 4. The fourth-order valence-corrected chi connectivity index (χ4v) is 5.79. The molecule has 192 valence electrons. The van der Waals surface area contributed by atoms with Crippen LogP contribution in [0.15, 0.2) is 72.1 Å². The molecule has 0 saturated carbocycles. The number of piperazine rings is 1. The molecule has 1 amide bonds. The van der Waals surface area contributed by atoms with Crippen molar-refractivity contribution in [2.75, 3.05) is 26.2 Å². The lowest BCUT2D eigenvalue weighted by molar-refractivity contribution is 0.0627. The van der Waals surface area contributed by atoms with Gasteiger partial charge in [0.2, 0.25) is 0 Å². The summed E-state index contributed by atoms with van der Waals surface area (Å²) in [6.07, 6.45) is 1.06. The monoisotopic (exact) mass is 512 g/mol. The minimum Gasteiger partial charge on any atom is -0.343 e. The van der Waals surface area contributed by atoms with Crippen molar-refractivity contribution in [2.45, 2.75) is 40.3 Å². The van der Waals surface area contributed by atoms with Crippen molar-refractivity contribution < 1.29 is 4.79 Å². The van der Waals surface area contributed by atoms with Crippen molar-refractivity contribution >= 4 is 17.2 Å². The molecule has 1 aliphatic rings. The molecule has 2 aromatic heterocycles. The number of carbonyl (C=O) groups is 1. The summed E-state index contributed by atoms with van der Waals surface area (Å²) in [7, 11) is 0. The lowest BCUT2D eigenvalue weighted by atomic mass is 10.1. The lowest BCUT2D eigenvalue weighted by Gasteiger charge is -2.34. The maximum atomic E-state index is 13.7. The van der Waals surface area contributed by atoms with Crippen LogP contribution >= 0.6 is 11.3 Å². The average Bonchev–Trinajstić information content (AvgIpc) is 3.53. The number of rotatable bonds is 8. The summed E-state index contributed by atoms with van der Waals surface area (Å²) in [5.74, 6) is 0.724. The average molecular weight is 513 g/mol. The van der Waals surface area contributed by atoms with Crippen molar-refractivity contribution in [1.82, 2.24) is 19.4 Å². The summed E-state index contributed by atoms with van der Waals surface area (Å²) in [5, 5.41) is 3.13. The molecule has 0 atom stereocenters. The Hall–Kier alpha value is -3.22. The Morgan fingerprint density at radius 3 is 2.32 bits per heavy atom. The molecule has 1 aliphatic heterocycles. The van der Waals surface area contributed by atoms with Crippen LogP contribution in [-0.4, -0.2) is 51.4 Å². The van der Waals surface area contributed by atoms with E-state index in [-0.39, 0.29) is 5.91 Å². The fraction of sp³-hybridized carbons (Fsp3) is 0.355. The first kappa shape index (κ1) is 25.4. The van der Waals surface area contributed by atoms with E-state index in [1.54, 1.807) is 11.3 Å². The number of benzene rings is 2. The van der Waals surface area contributed by atoms with Crippen LogP contribution in [0, 0.1) is 12.8 Å². The van der Waals surface area contributed by atoms with E-state index in [9.17, 15) is 4.79 Å². The molecule has 1 saturated heterocycles. The Kier molecular flexibility index (Phi) is 7.87. The number of hydrogen-bond acceptors (Lipinski definition) is 4. The normalized spacial score (nSPS) is 14.4. The number of aromatic nitrogens is 2. The second kappa shape index (κ2) is 11.4. The molecule has 37 heavy (non-hydrogen) atoms. The van der Waals surface area contributed by atoms with E-state index in [0.717, 1.165) is 78.9 Å². The first-order chi connectivity index (χ1) is 18.0. The van der Waals surface area contributed by atoms with Gasteiger partial charge in [-0.3, -0.25) is 9.69 Å². The number of amides is 1. The summed E-state index contributed by atoms with van der Waals surface area (Å²) in [5.41, 5.74) is 6.29. The second-order valence-electron chi connectivity index (χ2n) is 10.3. The molecular weight excluding hydrogens is 476 g/mol. The summed E-state index contributed by atoms with van der Waals surface area (Å²) in [6, 6.07) is 23.0. The molecule has 0 bridgehead atoms. The molecule has 3 heterocycles. The van der Waals surface area contributed by atoms with Gasteiger partial charge in [0.1, 0.15) is 5.01 Å². The highest BCUT2D eigenvalue weighted by Gasteiger charge is 2.27. The lowest BCUT2D eigenvalue weighted by Crippen LogP contribution is -2.48. The molecule has 0 spiro atoms. The second-order valence-corrected chi connectivity index (χ2v) is 11.2. The highest BCUT2D eigenvalue weighted by atomic mass is 32.1. The van der Waals surface area contributed by atoms with Crippen LogP contribution in [0.2, 0.25) is 0 Å². The molecule has 0 aliphatic carbocycles. The van der Waals surface area contributed by atoms with E-state index in [0.29, 0.717) is 5.92 Å². The molecule has 4 aromatic rings. The topological polar surface area (TPSA) is 41.4 Å². The Bertz CT molecular complexity index is 1320. The van der Waals surface area contributed by atoms with E-state index < -0.39 is 0 Å². The molecule has 5 nitrogen and oxygen atoms in total. The van der Waals surface area contributed by atoms with Crippen LogP contribution < -0.4 is 0 Å². The predicted octanol–water partition coefficient (Wildman–Crippen LogP) is 6.59. The van der Waals surface area contributed by atoms with Crippen LogP contribution in [0.25, 0.3) is 22.0 Å². The summed E-state index contributed by atoms with van der Waals surface area (Å²) in [4.78, 5) is 23.2. The number of thiazole rings is 1. The summed E-state index contributed by atoms with van der Waals surface area (Å²) < 4.78 is 2.31. The van der Waals surface area contributed by atoms with Crippen LogP contribution in [-0.2, 0) is 13.1 Å². The number of hydrogen-bond donors (Lipinski definition) is 0. The standard InChI is InChI=1S/C31H36N4OS/c1-23(2)14-15-35-24(3)27(20-29(35)28-22-37-30(32-28)26-12-8-5-9-13-26)31(36)34-18-16-33(17-19-34)21-25-10-6-4-7-11-25/h4-13,20,22-23H,14-19,21H2,1-3H3. The molecule has 2 aromatic carbocycles. The Morgan fingerprint density at radius 2 is 1.65 bits per heavy atom. The number of carbonyl (C=O) groups excluding carboxylic acids is 1. The van der Waals surface area contributed by atoms with E-state index >= 15 is 0 Å². The third-order valence-electron chi connectivity index (χ3n) is 7.22. The first-order valence-corrected chi connectivity index (χ1v) is 14.1. The minimum absolute atomic E-state index is 0.139. The Balaban J connectivity index is 1.36. The molecule has 0 N–H and O–H groups in total. The third kappa shape index (κ3) is 5.86. The highest BCUT2D eigenvalue weighted by Crippen LogP contribution is 2.32. The van der Waals surface area contributed by atoms with Gasteiger partial charge in [-0.05, 0) is 30.9 Å². The van der Waals surface area contributed by atoms with Crippen LogP contribution in [0.1, 0.15) is 41.9 Å². The van der Waals surface area contributed by atoms with Gasteiger partial charge in [0.05, 0.1) is 17.0 Å². The van der Waals surface area contributed by atoms with Gasteiger partial charge in [-0.2, -0.15) is 0 Å². The smallest absolute Gasteiger partial charge is 0.255 e. The van der Waals surface area contributed by atoms with Gasteiger partial charge in [0, 0.05) is 55.9 Å². The van der Waals surface area contributed by atoms with Gasteiger partial charge >= 0.3 is 0 Å².